The van der Waals surface area contributed by atoms with Crippen LogP contribution in [-0.2, 0) is 24.1 Å². The largest absolute Gasteiger partial charge is 0.493 e. The molecule has 0 spiro atoms. The molecule has 0 unspecified atom stereocenters. The topological polar surface area (TPSA) is 68.5 Å². The van der Waals surface area contributed by atoms with Gasteiger partial charge in [-0.25, -0.2) is 0 Å². The Hall–Kier alpha value is -3.86. The molecule has 0 amide bonds. The first-order chi connectivity index (χ1) is 16.0. The fraction of sp³-hybridized carbons (Fsp3) is 0.214. The summed E-state index contributed by atoms with van der Waals surface area (Å²) in [5.74, 6) is 0.182. The molecule has 166 valence electrons. The summed E-state index contributed by atoms with van der Waals surface area (Å²) in [5.41, 5.74) is 5.57. The maximum absolute atomic E-state index is 13.3. The van der Waals surface area contributed by atoms with Crippen LogP contribution in [0.4, 0.5) is 0 Å². The lowest BCUT2D eigenvalue weighted by atomic mass is 10.1. The van der Waals surface area contributed by atoms with Crippen molar-refractivity contribution in [1.82, 2.24) is 4.57 Å². The molecule has 3 aromatic carbocycles. The van der Waals surface area contributed by atoms with E-state index >= 15 is 0 Å². The smallest absolute Gasteiger partial charge is 0.307 e. The number of carboxylic acid groups (broad SMARTS) is 1. The average molecular weight is 440 g/mol. The molecule has 0 bridgehead atoms. The van der Waals surface area contributed by atoms with E-state index in [1.54, 1.807) is 28.8 Å². The fourth-order valence-corrected chi connectivity index (χ4v) is 4.82. The molecule has 4 aromatic rings. The molecular formula is C28H25NO4. The molecule has 1 N–H and O–H groups in total. The Bertz CT molecular complexity index is 1330. The van der Waals surface area contributed by atoms with Gasteiger partial charge in [-0.2, -0.15) is 0 Å². The minimum Gasteiger partial charge on any atom is -0.493 e. The van der Waals surface area contributed by atoms with E-state index in [1.807, 2.05) is 31.2 Å². The number of aryl methyl sites for hydroxylation is 1. The van der Waals surface area contributed by atoms with Crippen molar-refractivity contribution in [3.8, 4) is 5.75 Å². The first-order valence-corrected chi connectivity index (χ1v) is 11.2. The third-order valence-electron chi connectivity index (χ3n) is 6.39. The van der Waals surface area contributed by atoms with Crippen molar-refractivity contribution in [1.29, 1.82) is 0 Å². The summed E-state index contributed by atoms with van der Waals surface area (Å²) in [7, 11) is 0. The van der Waals surface area contributed by atoms with Crippen LogP contribution in [0.15, 0.2) is 72.8 Å². The second-order valence-electron chi connectivity index (χ2n) is 8.73. The number of nitrogens with zero attached hydrogens (tertiary/aromatic N) is 1. The van der Waals surface area contributed by atoms with Gasteiger partial charge in [-0.15, -0.1) is 0 Å². The second-order valence-corrected chi connectivity index (χ2v) is 8.73. The second kappa shape index (κ2) is 8.58. The number of ether oxygens (including phenoxy) is 1. The van der Waals surface area contributed by atoms with Gasteiger partial charge in [0.1, 0.15) is 5.75 Å². The maximum Gasteiger partial charge on any atom is 0.307 e. The molecule has 0 atom stereocenters. The molecule has 5 heteroatoms. The summed E-state index contributed by atoms with van der Waals surface area (Å²) in [4.78, 5) is 24.5. The molecule has 5 rings (SSSR count). The van der Waals surface area contributed by atoms with Crippen molar-refractivity contribution >= 4 is 22.8 Å². The monoisotopic (exact) mass is 439 g/mol. The number of hydrogen-bond donors (Lipinski definition) is 1. The number of aromatic nitrogens is 1. The Kier molecular flexibility index (Phi) is 5.47. The number of carbonyl (C=O) groups excluding carboxylic acids is 1. The lowest BCUT2D eigenvalue weighted by Crippen LogP contribution is -2.14. The molecular weight excluding hydrogens is 414 g/mol. The van der Waals surface area contributed by atoms with Crippen LogP contribution in [-0.4, -0.2) is 28.2 Å². The van der Waals surface area contributed by atoms with E-state index in [0.717, 1.165) is 35.2 Å². The number of carbonyl (C=O) groups is 2. The van der Waals surface area contributed by atoms with Gasteiger partial charge >= 0.3 is 5.97 Å². The highest BCUT2D eigenvalue weighted by atomic mass is 16.5. The normalized spacial score (nSPS) is 13.2. The lowest BCUT2D eigenvalue weighted by Gasteiger charge is -2.12. The molecule has 1 heterocycles. The summed E-state index contributed by atoms with van der Waals surface area (Å²) < 4.78 is 7.66. The minimum atomic E-state index is -0.892. The van der Waals surface area contributed by atoms with Crippen LogP contribution in [0.2, 0.25) is 0 Å². The van der Waals surface area contributed by atoms with Crippen molar-refractivity contribution in [3.05, 3.63) is 101 Å². The van der Waals surface area contributed by atoms with E-state index in [2.05, 4.69) is 24.3 Å². The highest BCUT2D eigenvalue weighted by Gasteiger charge is 2.22. The molecule has 0 saturated carbocycles. The third kappa shape index (κ3) is 4.14. The van der Waals surface area contributed by atoms with Crippen molar-refractivity contribution < 1.29 is 19.4 Å². The molecule has 1 aliphatic rings. The fourth-order valence-electron chi connectivity index (χ4n) is 4.82. The van der Waals surface area contributed by atoms with Crippen molar-refractivity contribution in [2.24, 2.45) is 5.92 Å². The standard InChI is InChI=1S/C28H25NO4/c1-18-13-25-23(16-27(30)31)7-4-8-26(25)29(18)28(32)20-9-11-24(12-10-20)33-17-19-14-21-5-2-3-6-22(21)15-19/h2-13,19H,14-17H2,1H3,(H,30,31). The molecule has 1 aliphatic carbocycles. The van der Waals surface area contributed by atoms with E-state index in [-0.39, 0.29) is 12.3 Å². The summed E-state index contributed by atoms with van der Waals surface area (Å²) in [6.45, 7) is 2.51. The molecule has 0 saturated heterocycles. The van der Waals surface area contributed by atoms with E-state index in [4.69, 9.17) is 4.74 Å². The predicted octanol–water partition coefficient (Wildman–Crippen LogP) is 5.06. The average Bonchev–Trinajstić information content (AvgIpc) is 3.38. The molecule has 5 nitrogen and oxygen atoms in total. The predicted molar refractivity (Wildman–Crippen MR) is 127 cm³/mol. The minimum absolute atomic E-state index is 0.0763. The van der Waals surface area contributed by atoms with Crippen LogP contribution in [0, 0.1) is 12.8 Å². The van der Waals surface area contributed by atoms with Crippen LogP contribution >= 0.6 is 0 Å². The van der Waals surface area contributed by atoms with Gasteiger partial charge in [0.25, 0.3) is 5.91 Å². The zero-order chi connectivity index (χ0) is 22.9. The molecule has 0 aliphatic heterocycles. The van der Waals surface area contributed by atoms with Crippen LogP contribution in [0.25, 0.3) is 10.9 Å². The quantitative estimate of drug-likeness (QED) is 0.456. The first-order valence-electron chi connectivity index (χ1n) is 11.2. The number of aliphatic carboxylic acids is 1. The third-order valence-corrected chi connectivity index (χ3v) is 6.39. The SMILES string of the molecule is Cc1cc2c(CC(=O)O)cccc2n1C(=O)c1ccc(OCC2Cc3ccccc3C2)cc1. The number of fused-ring (bicyclic) bond motifs is 2. The van der Waals surface area contributed by atoms with E-state index < -0.39 is 5.97 Å². The highest BCUT2D eigenvalue weighted by Crippen LogP contribution is 2.28. The summed E-state index contributed by atoms with van der Waals surface area (Å²) in [5, 5.41) is 9.98. The van der Waals surface area contributed by atoms with Gasteiger partial charge in [0.15, 0.2) is 0 Å². The Morgan fingerprint density at radius 3 is 2.33 bits per heavy atom. The zero-order valence-corrected chi connectivity index (χ0v) is 18.5. The molecule has 0 fully saturated rings. The van der Waals surface area contributed by atoms with Crippen LogP contribution in [0.1, 0.15) is 32.7 Å². The van der Waals surface area contributed by atoms with Crippen molar-refractivity contribution in [2.75, 3.05) is 6.61 Å². The number of rotatable bonds is 6. The Balaban J connectivity index is 1.31. The molecule has 0 radical (unpaired) electrons. The molecule has 1 aromatic heterocycles. The highest BCUT2D eigenvalue weighted by molar-refractivity contribution is 6.04. The summed E-state index contributed by atoms with van der Waals surface area (Å²) in [6, 6.07) is 23.1. The van der Waals surface area contributed by atoms with Gasteiger partial charge < -0.3 is 9.84 Å². The first kappa shape index (κ1) is 21.0. The summed E-state index contributed by atoms with van der Waals surface area (Å²) in [6.07, 6.45) is 2.00. The number of hydrogen-bond acceptors (Lipinski definition) is 3. The number of benzene rings is 3. The van der Waals surface area contributed by atoms with Gasteiger partial charge in [-0.3, -0.25) is 14.2 Å². The van der Waals surface area contributed by atoms with Crippen molar-refractivity contribution in [3.63, 3.8) is 0 Å². The van der Waals surface area contributed by atoms with Gasteiger partial charge in [0.2, 0.25) is 0 Å². The van der Waals surface area contributed by atoms with Gasteiger partial charge in [-0.1, -0.05) is 36.4 Å². The lowest BCUT2D eigenvalue weighted by molar-refractivity contribution is -0.136. The summed E-state index contributed by atoms with van der Waals surface area (Å²) >= 11 is 0. The van der Waals surface area contributed by atoms with Crippen LogP contribution < -0.4 is 4.74 Å². The maximum atomic E-state index is 13.3. The Morgan fingerprint density at radius 1 is 0.970 bits per heavy atom. The van der Waals surface area contributed by atoms with E-state index in [0.29, 0.717) is 23.7 Å². The molecule has 33 heavy (non-hydrogen) atoms. The van der Waals surface area contributed by atoms with Gasteiger partial charge in [-0.05, 0) is 72.9 Å². The van der Waals surface area contributed by atoms with E-state index in [1.165, 1.54) is 11.1 Å². The Morgan fingerprint density at radius 2 is 1.67 bits per heavy atom. The van der Waals surface area contributed by atoms with Crippen molar-refractivity contribution in [2.45, 2.75) is 26.2 Å². The number of carboxylic acids is 1. The van der Waals surface area contributed by atoms with Crippen LogP contribution in [0.5, 0.6) is 5.75 Å². The zero-order valence-electron chi connectivity index (χ0n) is 18.5. The van der Waals surface area contributed by atoms with Gasteiger partial charge in [0, 0.05) is 22.6 Å². The van der Waals surface area contributed by atoms with Gasteiger partial charge in [0.05, 0.1) is 18.5 Å². The van der Waals surface area contributed by atoms with E-state index in [9.17, 15) is 14.7 Å². The van der Waals surface area contributed by atoms with Crippen LogP contribution in [0.3, 0.4) is 0 Å². The Labute approximate surface area is 192 Å².